The zero-order valence-corrected chi connectivity index (χ0v) is 31.2. The third-order valence-corrected chi connectivity index (χ3v) is 9.59. The van der Waals surface area contributed by atoms with Crippen LogP contribution in [-0.2, 0) is 6.42 Å². The molecule has 292 valence electrons. The van der Waals surface area contributed by atoms with Crippen LogP contribution in [0.3, 0.4) is 0 Å². The summed E-state index contributed by atoms with van der Waals surface area (Å²) in [5.41, 5.74) is 20.9. The van der Waals surface area contributed by atoms with Crippen molar-refractivity contribution >= 4 is 33.5 Å². The van der Waals surface area contributed by atoms with Crippen molar-refractivity contribution in [3.8, 4) is 44.5 Å². The van der Waals surface area contributed by atoms with E-state index in [1.165, 1.54) is 24.3 Å². The van der Waals surface area contributed by atoms with E-state index in [-0.39, 0.29) is 11.7 Å². The quantitative estimate of drug-likeness (QED) is 0.0294. The topological polar surface area (TPSA) is 175 Å². The number of oxime groups is 2. The van der Waals surface area contributed by atoms with Crippen LogP contribution in [0, 0.1) is 30.2 Å². The predicted octanol–water partition coefficient (Wildman–Crippen LogP) is 9.80. The standard InChI is InChI=1S/C23H20F2N4O.C21H16F2N4O/c1-2-3-13-6-19(14-4-5-21-16(8-14)12-27-28-21)22(20(7-13)23(26)29-30)15-9-17(24)11-18(25)10-15;1-11-4-17(12-2-3-19-14(6-12)10-25-26-19)20(18(5-11)21(24)27-28)13-7-15(22)9-16(23)8-13/h4-12,30H,2-3H2,1H3,(H2,26,29)(H,27,28);2-10,28H,1H3,(H2,24,27)(H,25,26). The summed E-state index contributed by atoms with van der Waals surface area (Å²) in [6.07, 6.45) is 5.07. The molecule has 0 fully saturated rings. The maximum atomic E-state index is 14.1. The molecule has 0 saturated carbocycles. The minimum Gasteiger partial charge on any atom is -0.409 e. The van der Waals surface area contributed by atoms with Gasteiger partial charge in [0.25, 0.3) is 0 Å². The van der Waals surface area contributed by atoms with E-state index >= 15 is 0 Å². The van der Waals surface area contributed by atoms with E-state index in [1.807, 2.05) is 55.5 Å². The number of H-pyrrole nitrogens is 2. The molecule has 6 aromatic carbocycles. The molecule has 8 aromatic rings. The van der Waals surface area contributed by atoms with E-state index in [0.29, 0.717) is 38.9 Å². The van der Waals surface area contributed by atoms with E-state index in [1.54, 1.807) is 24.5 Å². The second-order valence-corrected chi connectivity index (χ2v) is 13.7. The summed E-state index contributed by atoms with van der Waals surface area (Å²) < 4.78 is 56.0. The zero-order chi connectivity index (χ0) is 41.1. The van der Waals surface area contributed by atoms with Crippen LogP contribution in [0.1, 0.15) is 35.6 Å². The van der Waals surface area contributed by atoms with Gasteiger partial charge in [-0.15, -0.1) is 0 Å². The van der Waals surface area contributed by atoms with Gasteiger partial charge in [0, 0.05) is 45.2 Å². The fourth-order valence-corrected chi connectivity index (χ4v) is 7.13. The molecule has 0 radical (unpaired) electrons. The Morgan fingerprint density at radius 1 is 0.586 bits per heavy atom. The van der Waals surface area contributed by atoms with E-state index in [0.717, 1.165) is 74.6 Å². The Kier molecular flexibility index (Phi) is 10.9. The molecule has 0 spiro atoms. The van der Waals surface area contributed by atoms with Crippen molar-refractivity contribution in [1.29, 1.82) is 0 Å². The van der Waals surface area contributed by atoms with Gasteiger partial charge < -0.3 is 21.9 Å². The van der Waals surface area contributed by atoms with Crippen molar-refractivity contribution in [2.75, 3.05) is 0 Å². The number of amidine groups is 2. The molecular weight excluding hydrogens is 749 g/mol. The van der Waals surface area contributed by atoms with Crippen LogP contribution in [0.2, 0.25) is 0 Å². The first-order valence-electron chi connectivity index (χ1n) is 18.0. The number of nitrogens with two attached hydrogens (primary N) is 2. The fraction of sp³-hybridized carbons (Fsp3) is 0.0909. The summed E-state index contributed by atoms with van der Waals surface area (Å²) >= 11 is 0. The highest BCUT2D eigenvalue weighted by molar-refractivity contribution is 6.08. The predicted molar refractivity (Wildman–Crippen MR) is 218 cm³/mol. The lowest BCUT2D eigenvalue weighted by Gasteiger charge is -2.18. The normalized spacial score (nSPS) is 11.9. The van der Waals surface area contributed by atoms with Crippen LogP contribution in [0.4, 0.5) is 17.6 Å². The number of aromatic nitrogens is 4. The second-order valence-electron chi connectivity index (χ2n) is 13.7. The SMILES string of the molecule is CCCc1cc(C(N)=NO)c(-c2cc(F)cc(F)c2)c(-c2ccc3[nH]ncc3c2)c1.Cc1cc(C(N)=NO)c(-c2cc(F)cc(F)c2)c(-c2ccc3[nH]ncc3c2)c1. The van der Waals surface area contributed by atoms with Crippen molar-refractivity contribution < 1.29 is 28.0 Å². The minimum atomic E-state index is -0.711. The summed E-state index contributed by atoms with van der Waals surface area (Å²) in [6, 6.07) is 25.4. The summed E-state index contributed by atoms with van der Waals surface area (Å²) in [4.78, 5) is 0. The first-order valence-corrected chi connectivity index (χ1v) is 18.0. The third-order valence-electron chi connectivity index (χ3n) is 9.59. The van der Waals surface area contributed by atoms with Crippen molar-refractivity contribution in [3.63, 3.8) is 0 Å². The summed E-state index contributed by atoms with van der Waals surface area (Å²) in [5.74, 6) is -3.10. The number of rotatable bonds is 8. The highest BCUT2D eigenvalue weighted by Gasteiger charge is 2.21. The minimum absolute atomic E-state index is 0.127. The van der Waals surface area contributed by atoms with E-state index < -0.39 is 23.3 Å². The van der Waals surface area contributed by atoms with Crippen LogP contribution < -0.4 is 11.5 Å². The van der Waals surface area contributed by atoms with Crippen LogP contribution >= 0.6 is 0 Å². The number of hydrogen-bond donors (Lipinski definition) is 6. The summed E-state index contributed by atoms with van der Waals surface area (Å²) in [5, 5.41) is 40.5. The molecule has 0 saturated heterocycles. The monoisotopic (exact) mass is 784 g/mol. The molecule has 2 aromatic heterocycles. The van der Waals surface area contributed by atoms with E-state index in [4.69, 9.17) is 11.5 Å². The highest BCUT2D eigenvalue weighted by Crippen LogP contribution is 2.40. The molecule has 0 atom stereocenters. The van der Waals surface area contributed by atoms with Gasteiger partial charge in [0.05, 0.1) is 23.4 Å². The summed E-state index contributed by atoms with van der Waals surface area (Å²) in [6.45, 7) is 3.92. The molecule has 0 aliphatic carbocycles. The van der Waals surface area contributed by atoms with Gasteiger partial charge in [0.1, 0.15) is 23.3 Å². The molecule has 0 unspecified atom stereocenters. The Balaban J connectivity index is 0.000000177. The molecule has 8 rings (SSSR count). The van der Waals surface area contributed by atoms with Gasteiger partial charge in [-0.3, -0.25) is 10.2 Å². The maximum Gasteiger partial charge on any atom is 0.170 e. The Morgan fingerprint density at radius 2 is 1.03 bits per heavy atom. The van der Waals surface area contributed by atoms with Crippen molar-refractivity contribution in [1.82, 2.24) is 20.4 Å². The number of nitrogens with zero attached hydrogens (tertiary/aromatic N) is 4. The highest BCUT2D eigenvalue weighted by atomic mass is 19.1. The van der Waals surface area contributed by atoms with Crippen LogP contribution in [0.25, 0.3) is 66.3 Å². The molecular formula is C44H36F4N8O2. The van der Waals surface area contributed by atoms with E-state index in [2.05, 4.69) is 37.6 Å². The summed E-state index contributed by atoms with van der Waals surface area (Å²) in [7, 11) is 0. The van der Waals surface area contributed by atoms with Gasteiger partial charge in [-0.2, -0.15) is 10.2 Å². The Morgan fingerprint density at radius 3 is 1.48 bits per heavy atom. The molecule has 8 N–H and O–H groups in total. The van der Waals surface area contributed by atoms with Gasteiger partial charge in [-0.1, -0.05) is 47.9 Å². The average molecular weight is 785 g/mol. The van der Waals surface area contributed by atoms with E-state index in [9.17, 15) is 28.0 Å². The molecule has 0 amide bonds. The lowest BCUT2D eigenvalue weighted by molar-refractivity contribution is 0.318. The van der Waals surface area contributed by atoms with Crippen molar-refractivity contribution in [2.24, 2.45) is 21.8 Å². The van der Waals surface area contributed by atoms with Crippen molar-refractivity contribution in [2.45, 2.75) is 26.7 Å². The number of halogens is 4. The number of aryl methyl sites for hydroxylation is 2. The van der Waals surface area contributed by atoms with Crippen LogP contribution in [-0.4, -0.2) is 42.5 Å². The Hall–Kier alpha value is -7.48. The van der Waals surface area contributed by atoms with Gasteiger partial charge in [0.15, 0.2) is 11.7 Å². The molecule has 0 bridgehead atoms. The third kappa shape index (κ3) is 7.93. The number of aromatic amines is 2. The maximum absolute atomic E-state index is 14.1. The lowest BCUT2D eigenvalue weighted by atomic mass is 9.87. The molecule has 2 heterocycles. The van der Waals surface area contributed by atoms with Crippen LogP contribution in [0.5, 0.6) is 0 Å². The molecule has 0 aliphatic rings. The number of hydrogen-bond acceptors (Lipinski definition) is 6. The number of benzene rings is 6. The van der Waals surface area contributed by atoms with Crippen molar-refractivity contribution in [3.05, 3.63) is 155 Å². The molecule has 10 nitrogen and oxygen atoms in total. The average Bonchev–Trinajstić information content (AvgIpc) is 3.88. The molecule has 0 aliphatic heterocycles. The van der Waals surface area contributed by atoms with Gasteiger partial charge >= 0.3 is 0 Å². The number of nitrogens with one attached hydrogen (secondary N) is 2. The second kappa shape index (κ2) is 16.3. The largest absolute Gasteiger partial charge is 0.409 e. The molecule has 58 heavy (non-hydrogen) atoms. The van der Waals surface area contributed by atoms with Gasteiger partial charge in [-0.25, -0.2) is 17.6 Å². The van der Waals surface area contributed by atoms with Crippen LogP contribution in [0.15, 0.2) is 120 Å². The van der Waals surface area contributed by atoms with Gasteiger partial charge in [-0.05, 0) is 119 Å². The lowest BCUT2D eigenvalue weighted by Crippen LogP contribution is -2.15. The number of fused-ring (bicyclic) bond motifs is 2. The van der Waals surface area contributed by atoms with Gasteiger partial charge in [0.2, 0.25) is 0 Å². The first-order chi connectivity index (χ1) is 28.0. The first kappa shape index (κ1) is 38.8. The Labute approximate surface area is 329 Å². The Bertz CT molecular complexity index is 2840. The molecule has 14 heteroatoms. The smallest absolute Gasteiger partial charge is 0.170 e. The zero-order valence-electron chi connectivity index (χ0n) is 31.2. The fourth-order valence-electron chi connectivity index (χ4n) is 7.13.